The number of hydrogen-bond acceptors (Lipinski definition) is 3. The molecule has 1 aromatic carbocycles. The maximum Gasteiger partial charge on any atom is 0.419 e. The first-order valence-corrected chi connectivity index (χ1v) is 7.07. The van der Waals surface area contributed by atoms with E-state index in [0.717, 1.165) is 17.0 Å². The number of nitrogens with one attached hydrogen (secondary N) is 2. The van der Waals surface area contributed by atoms with Gasteiger partial charge in [-0.05, 0) is 18.6 Å². The van der Waals surface area contributed by atoms with E-state index in [1.165, 1.54) is 0 Å². The molecule has 6 nitrogen and oxygen atoms in total. The number of benzene rings is 1. The lowest BCUT2D eigenvalue weighted by molar-refractivity contribution is -0.139. The third-order valence-electron chi connectivity index (χ3n) is 3.54. The van der Waals surface area contributed by atoms with Crippen molar-refractivity contribution in [1.82, 2.24) is 10.2 Å². The molecule has 3 amide bonds. The Hall–Kier alpha value is -2.36. The Morgan fingerprint density at radius 2 is 2.12 bits per heavy atom. The normalized spacial score (nSPS) is 18.3. The smallest absolute Gasteiger partial charge is 0.396 e. The Morgan fingerprint density at radius 1 is 1.42 bits per heavy atom. The Balaban J connectivity index is 2.21. The minimum absolute atomic E-state index is 0.0374. The van der Waals surface area contributed by atoms with Crippen LogP contribution in [0, 0.1) is 5.82 Å². The molecule has 0 aromatic heterocycles. The van der Waals surface area contributed by atoms with Gasteiger partial charge in [-0.2, -0.15) is 13.2 Å². The van der Waals surface area contributed by atoms with Crippen molar-refractivity contribution in [3.05, 3.63) is 29.6 Å². The van der Waals surface area contributed by atoms with Gasteiger partial charge in [0.25, 0.3) is 0 Å². The summed E-state index contributed by atoms with van der Waals surface area (Å²) in [4.78, 5) is 25.0. The maximum absolute atomic E-state index is 13.9. The number of rotatable bonds is 3. The van der Waals surface area contributed by atoms with E-state index in [1.54, 1.807) is 0 Å². The van der Waals surface area contributed by atoms with Crippen LogP contribution in [-0.4, -0.2) is 47.7 Å². The number of amides is 3. The van der Waals surface area contributed by atoms with Crippen LogP contribution in [0.1, 0.15) is 12.0 Å². The molecule has 1 heterocycles. The van der Waals surface area contributed by atoms with E-state index < -0.39 is 41.2 Å². The van der Waals surface area contributed by atoms with E-state index in [-0.39, 0.29) is 26.1 Å². The molecule has 1 aliphatic rings. The van der Waals surface area contributed by atoms with Gasteiger partial charge in [-0.25, -0.2) is 9.18 Å². The zero-order valence-electron chi connectivity index (χ0n) is 12.4. The number of piperazine rings is 1. The van der Waals surface area contributed by atoms with E-state index in [9.17, 15) is 27.2 Å². The number of hydrogen-bond donors (Lipinski definition) is 3. The fourth-order valence-electron chi connectivity index (χ4n) is 2.40. The van der Waals surface area contributed by atoms with Gasteiger partial charge in [0.1, 0.15) is 6.04 Å². The molecule has 0 spiro atoms. The molecule has 1 saturated heterocycles. The number of halogens is 4. The highest BCUT2D eigenvalue weighted by Crippen LogP contribution is 2.34. The molecule has 1 atom stereocenters. The molecule has 10 heteroatoms. The van der Waals surface area contributed by atoms with Crippen molar-refractivity contribution in [1.29, 1.82) is 0 Å². The molecule has 0 aliphatic carbocycles. The number of alkyl halides is 3. The predicted octanol–water partition coefficient (Wildman–Crippen LogP) is 1.56. The van der Waals surface area contributed by atoms with Crippen molar-refractivity contribution in [2.45, 2.75) is 18.6 Å². The molecular formula is C14H15F4N3O3. The highest BCUT2D eigenvalue weighted by molar-refractivity contribution is 5.94. The fourth-order valence-corrected chi connectivity index (χ4v) is 2.40. The molecule has 0 bridgehead atoms. The van der Waals surface area contributed by atoms with Crippen molar-refractivity contribution in [2.24, 2.45) is 0 Å². The molecule has 2 rings (SSSR count). The van der Waals surface area contributed by atoms with Crippen molar-refractivity contribution in [3.8, 4) is 0 Å². The lowest BCUT2D eigenvalue weighted by atomic mass is 10.1. The second kappa shape index (κ2) is 7.04. The number of aliphatic hydroxyl groups excluding tert-OH is 1. The third-order valence-corrected chi connectivity index (χ3v) is 3.54. The average molecular weight is 349 g/mol. The lowest BCUT2D eigenvalue weighted by Crippen LogP contribution is -2.58. The number of carbonyl (C=O) groups excluding carboxylic acids is 2. The number of urea groups is 1. The first-order chi connectivity index (χ1) is 11.3. The molecule has 24 heavy (non-hydrogen) atoms. The van der Waals surface area contributed by atoms with Crippen molar-refractivity contribution < 1.29 is 32.3 Å². The Bertz CT molecular complexity index is 636. The summed E-state index contributed by atoms with van der Waals surface area (Å²) in [6.45, 7) is -0.123. The monoisotopic (exact) mass is 349 g/mol. The maximum atomic E-state index is 13.9. The topological polar surface area (TPSA) is 81.7 Å². The van der Waals surface area contributed by atoms with E-state index in [2.05, 4.69) is 10.6 Å². The minimum atomic E-state index is -4.89. The van der Waals surface area contributed by atoms with E-state index in [0.29, 0.717) is 6.07 Å². The molecule has 1 unspecified atom stereocenters. The summed E-state index contributed by atoms with van der Waals surface area (Å²) in [5, 5.41) is 13.5. The van der Waals surface area contributed by atoms with Crippen molar-refractivity contribution >= 4 is 17.6 Å². The third kappa shape index (κ3) is 3.75. The number of carbonyl (C=O) groups is 2. The summed E-state index contributed by atoms with van der Waals surface area (Å²) in [7, 11) is 0. The summed E-state index contributed by atoms with van der Waals surface area (Å²) in [6.07, 6.45) is -4.93. The zero-order chi connectivity index (χ0) is 17.9. The zero-order valence-corrected chi connectivity index (χ0v) is 12.4. The van der Waals surface area contributed by atoms with Crippen LogP contribution in [0.3, 0.4) is 0 Å². The minimum Gasteiger partial charge on any atom is -0.396 e. The van der Waals surface area contributed by atoms with Gasteiger partial charge in [-0.1, -0.05) is 6.07 Å². The highest BCUT2D eigenvalue weighted by Gasteiger charge is 2.36. The van der Waals surface area contributed by atoms with Crippen LogP contribution >= 0.6 is 0 Å². The molecule has 132 valence electrons. The van der Waals surface area contributed by atoms with Gasteiger partial charge in [0, 0.05) is 19.7 Å². The fraction of sp³-hybridized carbons (Fsp3) is 0.429. The molecule has 1 fully saturated rings. The van der Waals surface area contributed by atoms with Gasteiger partial charge in [0.05, 0.1) is 11.3 Å². The molecule has 1 aromatic rings. The van der Waals surface area contributed by atoms with E-state index >= 15 is 0 Å². The molecule has 3 N–H and O–H groups in total. The van der Waals surface area contributed by atoms with Gasteiger partial charge in [-0.15, -0.1) is 0 Å². The number of nitrogens with zero attached hydrogens (tertiary/aromatic N) is 1. The summed E-state index contributed by atoms with van der Waals surface area (Å²) < 4.78 is 52.0. The van der Waals surface area contributed by atoms with Crippen molar-refractivity contribution in [2.75, 3.05) is 25.0 Å². The Kier molecular flexibility index (Phi) is 5.27. The standard InChI is InChI=1S/C14H15F4N3O3/c15-11-8(14(16,17)18)2-1-3-9(11)20-13(24)21-6-5-19-12(23)10(21)4-7-22/h1-3,10,22H,4-7H2,(H,19,23)(H,20,24). The van der Waals surface area contributed by atoms with Gasteiger partial charge in [0.15, 0.2) is 5.82 Å². The van der Waals surface area contributed by atoms with Crippen LogP contribution in [0.25, 0.3) is 0 Å². The quantitative estimate of drug-likeness (QED) is 0.725. The summed E-state index contributed by atoms with van der Waals surface area (Å²) >= 11 is 0. The molecule has 0 saturated carbocycles. The molecule has 1 aliphatic heterocycles. The average Bonchev–Trinajstić information content (AvgIpc) is 2.50. The number of aliphatic hydroxyl groups is 1. The van der Waals surface area contributed by atoms with E-state index in [1.807, 2.05) is 0 Å². The van der Waals surface area contributed by atoms with Gasteiger partial charge >= 0.3 is 12.2 Å². The highest BCUT2D eigenvalue weighted by atomic mass is 19.4. The van der Waals surface area contributed by atoms with Gasteiger partial charge in [0.2, 0.25) is 5.91 Å². The second-order valence-electron chi connectivity index (χ2n) is 5.11. The first kappa shape index (κ1) is 18.0. The first-order valence-electron chi connectivity index (χ1n) is 7.07. The lowest BCUT2D eigenvalue weighted by Gasteiger charge is -2.34. The van der Waals surface area contributed by atoms with Gasteiger partial charge < -0.3 is 20.6 Å². The Morgan fingerprint density at radius 3 is 2.75 bits per heavy atom. The summed E-state index contributed by atoms with van der Waals surface area (Å²) in [5.41, 5.74) is -2.13. The van der Waals surface area contributed by atoms with Crippen LogP contribution in [0.15, 0.2) is 18.2 Å². The second-order valence-corrected chi connectivity index (χ2v) is 5.11. The van der Waals surface area contributed by atoms with E-state index in [4.69, 9.17) is 5.11 Å². The summed E-state index contributed by atoms with van der Waals surface area (Å²) in [6, 6.07) is 0.635. The molecule has 0 radical (unpaired) electrons. The Labute approximate surface area is 134 Å². The van der Waals surface area contributed by atoms with Crippen LogP contribution in [-0.2, 0) is 11.0 Å². The van der Waals surface area contributed by atoms with Crippen LogP contribution in [0.5, 0.6) is 0 Å². The predicted molar refractivity (Wildman–Crippen MR) is 75.6 cm³/mol. The SMILES string of the molecule is O=C1NCCN(C(=O)Nc2cccc(C(F)(F)F)c2F)C1CCO. The van der Waals surface area contributed by atoms with Crippen molar-refractivity contribution in [3.63, 3.8) is 0 Å². The molecular weight excluding hydrogens is 334 g/mol. The van der Waals surface area contributed by atoms with Crippen LogP contribution in [0.4, 0.5) is 28.0 Å². The summed E-state index contributed by atoms with van der Waals surface area (Å²) in [5.74, 6) is -2.09. The largest absolute Gasteiger partial charge is 0.419 e. The van der Waals surface area contributed by atoms with Crippen LogP contribution < -0.4 is 10.6 Å². The van der Waals surface area contributed by atoms with Crippen LogP contribution in [0.2, 0.25) is 0 Å². The number of anilines is 1. The van der Waals surface area contributed by atoms with Gasteiger partial charge in [-0.3, -0.25) is 4.79 Å².